The Balaban J connectivity index is 1.80. The van der Waals surface area contributed by atoms with E-state index in [0.29, 0.717) is 22.9 Å². The highest BCUT2D eigenvalue weighted by Crippen LogP contribution is 2.30. The van der Waals surface area contributed by atoms with E-state index in [1.165, 1.54) is 5.57 Å². The number of hydrogen-bond acceptors (Lipinski definition) is 3. The summed E-state index contributed by atoms with van der Waals surface area (Å²) >= 11 is 6.10. The lowest BCUT2D eigenvalue weighted by molar-refractivity contribution is 0.0930. The summed E-state index contributed by atoms with van der Waals surface area (Å²) in [6.07, 6.45) is 3.08. The Hall–Kier alpha value is -1.78. The number of halogens is 1. The van der Waals surface area contributed by atoms with Gasteiger partial charge in [-0.2, -0.15) is 0 Å². The maximum atomic E-state index is 12.3. The largest absolute Gasteiger partial charge is 0.449 e. The van der Waals surface area contributed by atoms with Gasteiger partial charge in [-0.05, 0) is 26.0 Å². The van der Waals surface area contributed by atoms with Crippen LogP contribution in [-0.4, -0.2) is 25.5 Å². The van der Waals surface area contributed by atoms with Gasteiger partial charge in [0.25, 0.3) is 5.91 Å². The van der Waals surface area contributed by atoms with Gasteiger partial charge in [-0.25, -0.2) is 0 Å². The number of rotatable bonds is 3. The average Bonchev–Trinajstić information content (AvgIpc) is 2.85. The summed E-state index contributed by atoms with van der Waals surface area (Å²) in [6, 6.07) is 5.52. The molecule has 0 fully saturated rings. The Labute approximate surface area is 128 Å². The number of nitrogens with one attached hydrogen (secondary N) is 2. The zero-order valence-electron chi connectivity index (χ0n) is 11.8. The minimum atomic E-state index is -0.195. The van der Waals surface area contributed by atoms with Crippen LogP contribution in [0.25, 0.3) is 11.0 Å². The van der Waals surface area contributed by atoms with Gasteiger partial charge in [0.2, 0.25) is 0 Å². The van der Waals surface area contributed by atoms with Crippen molar-refractivity contribution in [1.82, 2.24) is 10.6 Å². The number of amides is 1. The number of fused-ring (bicyclic) bond motifs is 1. The molecule has 0 saturated heterocycles. The van der Waals surface area contributed by atoms with E-state index < -0.39 is 0 Å². The Morgan fingerprint density at radius 3 is 3.05 bits per heavy atom. The molecule has 2 heterocycles. The van der Waals surface area contributed by atoms with Gasteiger partial charge in [0.15, 0.2) is 11.3 Å². The molecule has 3 rings (SSSR count). The van der Waals surface area contributed by atoms with Gasteiger partial charge in [-0.15, -0.1) is 0 Å². The molecule has 0 unspecified atom stereocenters. The Kier molecular flexibility index (Phi) is 3.99. The second-order valence-electron chi connectivity index (χ2n) is 5.17. The number of carbonyl (C=O) groups excluding carboxylic acids is 1. The van der Waals surface area contributed by atoms with E-state index in [2.05, 4.69) is 16.7 Å². The first-order valence-electron chi connectivity index (χ1n) is 7.01. The van der Waals surface area contributed by atoms with Crippen molar-refractivity contribution in [2.24, 2.45) is 0 Å². The van der Waals surface area contributed by atoms with Crippen molar-refractivity contribution in [2.75, 3.05) is 19.6 Å². The van der Waals surface area contributed by atoms with E-state index in [1.807, 2.05) is 19.1 Å². The van der Waals surface area contributed by atoms with Gasteiger partial charge in [-0.3, -0.25) is 4.79 Å². The molecule has 1 amide bonds. The van der Waals surface area contributed by atoms with Gasteiger partial charge < -0.3 is 15.1 Å². The Morgan fingerprint density at radius 1 is 1.48 bits per heavy atom. The van der Waals surface area contributed by atoms with Crippen molar-refractivity contribution in [2.45, 2.75) is 13.3 Å². The van der Waals surface area contributed by atoms with Crippen LogP contribution in [0.5, 0.6) is 0 Å². The SMILES string of the molecule is Cc1c(C(=O)NCC2=CCNCC2)oc2c(Cl)cccc12. The molecule has 110 valence electrons. The highest BCUT2D eigenvalue weighted by atomic mass is 35.5. The van der Waals surface area contributed by atoms with Crippen LogP contribution >= 0.6 is 11.6 Å². The van der Waals surface area contributed by atoms with E-state index in [1.54, 1.807) is 6.07 Å². The van der Waals surface area contributed by atoms with Gasteiger partial charge in [0, 0.05) is 24.0 Å². The third kappa shape index (κ3) is 2.82. The third-order valence-electron chi connectivity index (χ3n) is 3.76. The van der Waals surface area contributed by atoms with Gasteiger partial charge in [-0.1, -0.05) is 35.4 Å². The molecule has 5 heteroatoms. The molecule has 2 aromatic rings. The zero-order chi connectivity index (χ0) is 14.8. The molecule has 1 aliphatic heterocycles. The van der Waals surface area contributed by atoms with Gasteiger partial charge >= 0.3 is 0 Å². The molecule has 2 N–H and O–H groups in total. The van der Waals surface area contributed by atoms with Crippen molar-refractivity contribution in [1.29, 1.82) is 0 Å². The third-order valence-corrected chi connectivity index (χ3v) is 4.05. The second-order valence-corrected chi connectivity index (χ2v) is 5.58. The van der Waals surface area contributed by atoms with E-state index >= 15 is 0 Å². The van der Waals surface area contributed by atoms with Crippen LogP contribution in [0.3, 0.4) is 0 Å². The number of hydrogen-bond donors (Lipinski definition) is 2. The van der Waals surface area contributed by atoms with Crippen LogP contribution in [0.4, 0.5) is 0 Å². The molecular weight excluding hydrogens is 288 g/mol. The van der Waals surface area contributed by atoms with Gasteiger partial charge in [0.05, 0.1) is 5.02 Å². The molecule has 1 aromatic heterocycles. The lowest BCUT2D eigenvalue weighted by Gasteiger charge is -2.14. The molecule has 0 saturated carbocycles. The fraction of sp³-hybridized carbons (Fsp3) is 0.312. The zero-order valence-corrected chi connectivity index (χ0v) is 12.6. The van der Waals surface area contributed by atoms with Crippen LogP contribution in [0.1, 0.15) is 22.5 Å². The minimum absolute atomic E-state index is 0.195. The number of furan rings is 1. The van der Waals surface area contributed by atoms with Crippen molar-refractivity contribution >= 4 is 28.5 Å². The van der Waals surface area contributed by atoms with Crippen LogP contribution in [0.15, 0.2) is 34.3 Å². The normalized spacial score (nSPS) is 15.0. The number of carbonyl (C=O) groups is 1. The monoisotopic (exact) mass is 304 g/mol. The molecule has 4 nitrogen and oxygen atoms in total. The second kappa shape index (κ2) is 5.92. The molecule has 21 heavy (non-hydrogen) atoms. The molecule has 0 aliphatic carbocycles. The first kappa shape index (κ1) is 14.2. The molecule has 0 spiro atoms. The van der Waals surface area contributed by atoms with E-state index in [9.17, 15) is 4.79 Å². The number of para-hydroxylation sites is 1. The summed E-state index contributed by atoms with van der Waals surface area (Å²) in [4.78, 5) is 12.3. The Morgan fingerprint density at radius 2 is 2.33 bits per heavy atom. The Bertz CT molecular complexity index is 718. The summed E-state index contributed by atoms with van der Waals surface area (Å²) in [5.41, 5.74) is 2.64. The highest BCUT2D eigenvalue weighted by molar-refractivity contribution is 6.35. The summed E-state index contributed by atoms with van der Waals surface area (Å²) in [5, 5.41) is 7.57. The number of benzene rings is 1. The van der Waals surface area contributed by atoms with Crippen LogP contribution in [0.2, 0.25) is 5.02 Å². The fourth-order valence-electron chi connectivity index (χ4n) is 2.53. The molecule has 1 aromatic carbocycles. The first-order chi connectivity index (χ1) is 10.2. The van der Waals surface area contributed by atoms with Crippen molar-refractivity contribution in [3.63, 3.8) is 0 Å². The summed E-state index contributed by atoms with van der Waals surface area (Å²) in [5.74, 6) is 0.145. The first-order valence-corrected chi connectivity index (χ1v) is 7.39. The van der Waals surface area contributed by atoms with Crippen LogP contribution in [-0.2, 0) is 0 Å². The van der Waals surface area contributed by atoms with E-state index in [-0.39, 0.29) is 5.91 Å². The predicted octanol–water partition coefficient (Wildman–Crippen LogP) is 3.04. The minimum Gasteiger partial charge on any atom is -0.449 e. The lowest BCUT2D eigenvalue weighted by Crippen LogP contribution is -2.29. The van der Waals surface area contributed by atoms with Crippen molar-refractivity contribution < 1.29 is 9.21 Å². The molecular formula is C16H17ClN2O2. The quantitative estimate of drug-likeness (QED) is 0.857. The molecule has 0 radical (unpaired) electrons. The van der Waals surface area contributed by atoms with Crippen molar-refractivity contribution in [3.8, 4) is 0 Å². The maximum Gasteiger partial charge on any atom is 0.287 e. The number of aryl methyl sites for hydroxylation is 1. The fourth-order valence-corrected chi connectivity index (χ4v) is 2.74. The maximum absolute atomic E-state index is 12.3. The summed E-state index contributed by atoms with van der Waals surface area (Å²) in [7, 11) is 0. The molecule has 0 bridgehead atoms. The lowest BCUT2D eigenvalue weighted by atomic mass is 10.1. The van der Waals surface area contributed by atoms with Crippen molar-refractivity contribution in [3.05, 3.63) is 46.2 Å². The summed E-state index contributed by atoms with van der Waals surface area (Å²) in [6.45, 7) is 4.26. The van der Waals surface area contributed by atoms with E-state index in [4.69, 9.17) is 16.0 Å². The van der Waals surface area contributed by atoms with Crippen LogP contribution in [0, 0.1) is 6.92 Å². The van der Waals surface area contributed by atoms with E-state index in [0.717, 1.165) is 30.5 Å². The highest BCUT2D eigenvalue weighted by Gasteiger charge is 2.19. The van der Waals surface area contributed by atoms with Crippen LogP contribution < -0.4 is 10.6 Å². The van der Waals surface area contributed by atoms with Gasteiger partial charge in [0.1, 0.15) is 0 Å². The molecule has 0 atom stereocenters. The molecule has 1 aliphatic rings. The average molecular weight is 305 g/mol. The topological polar surface area (TPSA) is 54.3 Å². The predicted molar refractivity (Wildman–Crippen MR) is 83.9 cm³/mol. The smallest absolute Gasteiger partial charge is 0.287 e. The summed E-state index contributed by atoms with van der Waals surface area (Å²) < 4.78 is 5.66. The standard InChI is InChI=1S/C16H17ClN2O2/c1-10-12-3-2-4-13(17)15(12)21-14(10)16(20)19-9-11-5-7-18-8-6-11/h2-5,18H,6-9H2,1H3,(H,19,20).